The molecule has 0 radical (unpaired) electrons. The lowest BCUT2D eigenvalue weighted by Gasteiger charge is -2.08. The van der Waals surface area contributed by atoms with Crippen molar-refractivity contribution in [1.29, 1.82) is 0 Å². The van der Waals surface area contributed by atoms with Gasteiger partial charge in [0.2, 0.25) is 5.89 Å². The summed E-state index contributed by atoms with van der Waals surface area (Å²) in [7, 11) is -3.54. The number of aromatic nitrogens is 2. The molecule has 0 saturated heterocycles. The predicted octanol–water partition coefficient (Wildman–Crippen LogP) is 3.40. The maximum atomic E-state index is 12.6. The van der Waals surface area contributed by atoms with Crippen LogP contribution in [0.15, 0.2) is 51.8 Å². The quantitative estimate of drug-likeness (QED) is 0.722. The van der Waals surface area contributed by atoms with Crippen LogP contribution < -0.4 is 5.32 Å². The van der Waals surface area contributed by atoms with E-state index in [0.29, 0.717) is 0 Å². The molecule has 0 aliphatic rings. The molecule has 0 spiro atoms. The van der Waals surface area contributed by atoms with Gasteiger partial charge in [0.15, 0.2) is 9.84 Å². The summed E-state index contributed by atoms with van der Waals surface area (Å²) < 4.78 is 30.0. The first-order valence-electron chi connectivity index (χ1n) is 8.36. The predicted molar refractivity (Wildman–Crippen MR) is 101 cm³/mol. The Balaban J connectivity index is 1.89. The monoisotopic (exact) mass is 385 g/mol. The number of sulfone groups is 1. The fourth-order valence-electron chi connectivity index (χ4n) is 2.59. The minimum Gasteiger partial charge on any atom is -0.403 e. The van der Waals surface area contributed by atoms with Crippen LogP contribution in [0.4, 0.5) is 6.01 Å². The van der Waals surface area contributed by atoms with E-state index in [1.807, 2.05) is 32.0 Å². The van der Waals surface area contributed by atoms with Crippen molar-refractivity contribution in [2.24, 2.45) is 0 Å². The third-order valence-corrected chi connectivity index (χ3v) is 5.90. The summed E-state index contributed by atoms with van der Waals surface area (Å²) in [5, 5.41) is 10.3. The van der Waals surface area contributed by atoms with Gasteiger partial charge in [0.05, 0.1) is 16.2 Å². The van der Waals surface area contributed by atoms with Crippen molar-refractivity contribution >= 4 is 21.8 Å². The second-order valence-electron chi connectivity index (χ2n) is 6.08. The number of carbonyl (C=O) groups is 1. The molecule has 0 bridgehead atoms. The Hall–Kier alpha value is -3.00. The zero-order chi connectivity index (χ0) is 19.6. The van der Waals surface area contributed by atoms with Gasteiger partial charge < -0.3 is 4.42 Å². The largest absolute Gasteiger partial charge is 0.403 e. The average Bonchev–Trinajstić information content (AvgIpc) is 3.12. The number of amides is 1. The highest BCUT2D eigenvalue weighted by molar-refractivity contribution is 7.91. The fourth-order valence-corrected chi connectivity index (χ4v) is 3.69. The van der Waals surface area contributed by atoms with Crippen LogP contribution in [0.3, 0.4) is 0 Å². The number of benzene rings is 2. The van der Waals surface area contributed by atoms with E-state index >= 15 is 0 Å². The van der Waals surface area contributed by atoms with Crippen molar-refractivity contribution in [1.82, 2.24) is 10.2 Å². The standard InChI is InChI=1S/C19H19N3O4S/c1-4-27(24,25)16-8-6-5-7-14(16)17(23)20-19-22-21-18(26-19)15-11-12(2)9-10-13(15)3/h5-11H,4H2,1-3H3,(H,20,22,23). The normalized spacial score (nSPS) is 11.4. The molecule has 2 aromatic carbocycles. The Morgan fingerprint density at radius 2 is 1.85 bits per heavy atom. The third-order valence-electron chi connectivity index (χ3n) is 4.12. The van der Waals surface area contributed by atoms with Gasteiger partial charge in [0, 0.05) is 5.56 Å². The van der Waals surface area contributed by atoms with Crippen LogP contribution in [0.1, 0.15) is 28.4 Å². The molecule has 7 nitrogen and oxygen atoms in total. The highest BCUT2D eigenvalue weighted by Gasteiger charge is 2.22. The van der Waals surface area contributed by atoms with Gasteiger partial charge in [-0.1, -0.05) is 41.9 Å². The molecular formula is C19H19N3O4S. The van der Waals surface area contributed by atoms with Crippen LogP contribution in [-0.2, 0) is 9.84 Å². The minimum absolute atomic E-state index is 0.0285. The molecule has 27 heavy (non-hydrogen) atoms. The van der Waals surface area contributed by atoms with E-state index in [9.17, 15) is 13.2 Å². The first-order chi connectivity index (χ1) is 12.8. The van der Waals surface area contributed by atoms with Gasteiger partial charge in [-0.15, -0.1) is 5.10 Å². The van der Waals surface area contributed by atoms with E-state index < -0.39 is 15.7 Å². The van der Waals surface area contributed by atoms with Crippen LogP contribution in [0.25, 0.3) is 11.5 Å². The number of carbonyl (C=O) groups excluding carboxylic acids is 1. The number of hydrogen-bond donors (Lipinski definition) is 1. The van der Waals surface area contributed by atoms with E-state index in [0.717, 1.165) is 16.7 Å². The number of rotatable bonds is 5. The average molecular weight is 385 g/mol. The van der Waals surface area contributed by atoms with Crippen LogP contribution in [0, 0.1) is 13.8 Å². The van der Waals surface area contributed by atoms with E-state index in [-0.39, 0.29) is 28.1 Å². The summed E-state index contributed by atoms with van der Waals surface area (Å²) >= 11 is 0. The molecule has 0 unspecified atom stereocenters. The molecule has 0 atom stereocenters. The van der Waals surface area contributed by atoms with Crippen LogP contribution in [0.5, 0.6) is 0 Å². The van der Waals surface area contributed by atoms with Gasteiger partial charge in [-0.25, -0.2) is 8.42 Å². The molecule has 3 aromatic rings. The molecule has 1 heterocycles. The number of nitrogens with one attached hydrogen (secondary N) is 1. The molecule has 3 rings (SSSR count). The van der Waals surface area contributed by atoms with E-state index in [1.165, 1.54) is 19.1 Å². The zero-order valence-electron chi connectivity index (χ0n) is 15.2. The van der Waals surface area contributed by atoms with Crippen molar-refractivity contribution in [3.05, 3.63) is 59.2 Å². The summed E-state index contributed by atoms with van der Waals surface area (Å²) in [6, 6.07) is 11.8. The summed E-state index contributed by atoms with van der Waals surface area (Å²) in [6.07, 6.45) is 0. The Labute approximate surface area is 157 Å². The van der Waals surface area contributed by atoms with Gasteiger partial charge in [-0.3, -0.25) is 10.1 Å². The SMILES string of the molecule is CCS(=O)(=O)c1ccccc1C(=O)Nc1nnc(-c2cc(C)ccc2C)o1. The lowest BCUT2D eigenvalue weighted by molar-refractivity contribution is 0.102. The highest BCUT2D eigenvalue weighted by Crippen LogP contribution is 2.25. The Kier molecular flexibility index (Phi) is 5.09. The molecule has 140 valence electrons. The molecule has 1 amide bonds. The second-order valence-corrected chi connectivity index (χ2v) is 8.33. The Morgan fingerprint density at radius 3 is 2.59 bits per heavy atom. The van der Waals surface area contributed by atoms with E-state index in [2.05, 4.69) is 15.5 Å². The Bertz CT molecular complexity index is 1100. The lowest BCUT2D eigenvalue weighted by atomic mass is 10.1. The van der Waals surface area contributed by atoms with Crippen LogP contribution >= 0.6 is 0 Å². The number of hydrogen-bond acceptors (Lipinski definition) is 6. The number of anilines is 1. The molecule has 1 aromatic heterocycles. The van der Waals surface area contributed by atoms with Crippen molar-refractivity contribution in [2.45, 2.75) is 25.7 Å². The zero-order valence-corrected chi connectivity index (χ0v) is 16.0. The molecule has 0 aliphatic carbocycles. The summed E-state index contributed by atoms with van der Waals surface area (Å²) in [4.78, 5) is 12.5. The van der Waals surface area contributed by atoms with E-state index in [1.54, 1.807) is 12.1 Å². The van der Waals surface area contributed by atoms with Crippen molar-refractivity contribution in [3.8, 4) is 11.5 Å². The van der Waals surface area contributed by atoms with Crippen molar-refractivity contribution in [3.63, 3.8) is 0 Å². The second kappa shape index (κ2) is 7.32. The fraction of sp³-hybridized carbons (Fsp3) is 0.211. The van der Waals surface area contributed by atoms with Crippen molar-refractivity contribution in [2.75, 3.05) is 11.1 Å². The van der Waals surface area contributed by atoms with Crippen LogP contribution in [-0.4, -0.2) is 30.3 Å². The molecule has 8 heteroatoms. The summed E-state index contributed by atoms with van der Waals surface area (Å²) in [5.74, 6) is -0.450. The van der Waals surface area contributed by atoms with Gasteiger partial charge in [-0.2, -0.15) is 0 Å². The van der Waals surface area contributed by atoms with Gasteiger partial charge >= 0.3 is 6.01 Å². The highest BCUT2D eigenvalue weighted by atomic mass is 32.2. The van der Waals surface area contributed by atoms with Gasteiger partial charge in [0.1, 0.15) is 0 Å². The first kappa shape index (κ1) is 18.8. The molecule has 0 aliphatic heterocycles. The topological polar surface area (TPSA) is 102 Å². The lowest BCUT2D eigenvalue weighted by Crippen LogP contribution is -2.17. The first-order valence-corrected chi connectivity index (χ1v) is 10.0. The summed E-state index contributed by atoms with van der Waals surface area (Å²) in [6.45, 7) is 5.40. The third kappa shape index (κ3) is 3.90. The van der Waals surface area contributed by atoms with E-state index in [4.69, 9.17) is 4.42 Å². The molecule has 1 N–H and O–H groups in total. The number of nitrogens with zero attached hydrogens (tertiary/aromatic N) is 2. The number of aryl methyl sites for hydroxylation is 2. The van der Waals surface area contributed by atoms with Gasteiger partial charge in [0.25, 0.3) is 5.91 Å². The van der Waals surface area contributed by atoms with Gasteiger partial charge in [-0.05, 0) is 37.6 Å². The molecule has 0 fully saturated rings. The van der Waals surface area contributed by atoms with Crippen molar-refractivity contribution < 1.29 is 17.6 Å². The maximum Gasteiger partial charge on any atom is 0.322 e. The Morgan fingerprint density at radius 1 is 1.11 bits per heavy atom. The molecular weight excluding hydrogens is 366 g/mol. The van der Waals surface area contributed by atoms with Crippen LogP contribution in [0.2, 0.25) is 0 Å². The summed E-state index contributed by atoms with van der Waals surface area (Å²) in [5.41, 5.74) is 2.81. The smallest absolute Gasteiger partial charge is 0.322 e. The maximum absolute atomic E-state index is 12.6. The molecule has 0 saturated carbocycles. The minimum atomic E-state index is -3.54.